The van der Waals surface area contributed by atoms with Gasteiger partial charge in [-0.2, -0.15) is 5.06 Å². The Balaban J connectivity index is 1.51. The summed E-state index contributed by atoms with van der Waals surface area (Å²) in [4.78, 5) is 51.0. The second kappa shape index (κ2) is 8.61. The lowest BCUT2D eigenvalue weighted by Crippen LogP contribution is -2.60. The molecular formula is C30H21Cl2FN2O6. The van der Waals surface area contributed by atoms with E-state index in [9.17, 15) is 33.9 Å². The van der Waals surface area contributed by atoms with Crippen molar-refractivity contribution < 1.29 is 33.9 Å². The number of fused-ring (bicyclic) bond motifs is 5. The number of imide groups is 2. The highest BCUT2D eigenvalue weighted by Gasteiger charge is 2.77. The minimum atomic E-state index is -2.18. The van der Waals surface area contributed by atoms with Gasteiger partial charge in [-0.15, -0.1) is 23.2 Å². The topological polar surface area (TPSA) is 115 Å². The van der Waals surface area contributed by atoms with E-state index in [0.29, 0.717) is 11.0 Å². The average Bonchev–Trinajstić information content (AvgIpc) is 3.27. The molecule has 1 saturated carbocycles. The van der Waals surface area contributed by atoms with Crippen molar-refractivity contribution in [2.45, 2.75) is 28.5 Å². The smallest absolute Gasteiger partial charge is 0.258 e. The highest BCUT2D eigenvalue weighted by atomic mass is 35.5. The lowest BCUT2D eigenvalue weighted by atomic mass is 9.56. The number of phenols is 1. The largest absolute Gasteiger partial charge is 0.508 e. The summed E-state index contributed by atoms with van der Waals surface area (Å²) in [6, 6.07) is 15.0. The van der Waals surface area contributed by atoms with E-state index in [4.69, 9.17) is 23.2 Å². The predicted octanol–water partition coefficient (Wildman–Crippen LogP) is 4.64. The van der Waals surface area contributed by atoms with Crippen molar-refractivity contribution in [1.82, 2.24) is 5.06 Å². The fourth-order valence-corrected chi connectivity index (χ4v) is 8.21. The van der Waals surface area contributed by atoms with E-state index in [1.54, 1.807) is 30.3 Å². The van der Waals surface area contributed by atoms with Crippen LogP contribution in [0.2, 0.25) is 0 Å². The number of carbonyl (C=O) groups excluding carboxylic acids is 4. The van der Waals surface area contributed by atoms with E-state index in [-0.39, 0.29) is 34.9 Å². The molecule has 0 bridgehead atoms. The van der Waals surface area contributed by atoms with Crippen molar-refractivity contribution in [2.24, 2.45) is 17.8 Å². The number of carbonyl (C=O) groups is 4. The first kappa shape index (κ1) is 26.1. The van der Waals surface area contributed by atoms with Crippen molar-refractivity contribution in [3.63, 3.8) is 0 Å². The number of hydrogen-bond acceptors (Lipinski definition) is 6. The van der Waals surface area contributed by atoms with Crippen LogP contribution in [0.5, 0.6) is 5.75 Å². The molecule has 0 radical (unpaired) electrons. The third-order valence-corrected chi connectivity index (χ3v) is 10.5. The maximum absolute atomic E-state index is 14.4. The summed E-state index contributed by atoms with van der Waals surface area (Å²) in [6.07, 6.45) is 1.50. The monoisotopic (exact) mass is 594 g/mol. The Bertz CT molecular complexity index is 1740. The van der Waals surface area contributed by atoms with Crippen LogP contribution in [0.4, 0.5) is 10.1 Å². The SMILES string of the molecule is O=C1[C@H]2[C@H](CC=C3[C@H]2C[C@@]2(Cl)C(=O)N(c4ccc(F)cc4)C(=O)[C@@]2(Cl)[C@H]3c2c(O)ccc3ccccc23)C(=O)N1O. The fraction of sp³-hybridized carbons (Fsp3) is 0.267. The number of rotatable bonds is 2. The van der Waals surface area contributed by atoms with Gasteiger partial charge in [-0.3, -0.25) is 24.4 Å². The third-order valence-electron chi connectivity index (χ3n) is 9.11. The molecule has 41 heavy (non-hydrogen) atoms. The van der Waals surface area contributed by atoms with Crippen LogP contribution in [-0.4, -0.2) is 48.8 Å². The summed E-state index contributed by atoms with van der Waals surface area (Å²) in [5.41, 5.74) is 0.778. The number of benzene rings is 3. The number of amides is 4. The molecule has 2 aliphatic carbocycles. The molecule has 2 N–H and O–H groups in total. The van der Waals surface area contributed by atoms with E-state index < -0.39 is 62.9 Å². The first-order valence-electron chi connectivity index (χ1n) is 13.0. The maximum atomic E-state index is 14.4. The Morgan fingerprint density at radius 1 is 0.878 bits per heavy atom. The Hall–Kier alpha value is -3.79. The molecule has 8 nitrogen and oxygen atoms in total. The number of nitrogens with zero attached hydrogens (tertiary/aromatic N) is 2. The van der Waals surface area contributed by atoms with Gasteiger partial charge < -0.3 is 5.11 Å². The molecule has 3 aromatic rings. The van der Waals surface area contributed by atoms with Gasteiger partial charge in [0.2, 0.25) is 0 Å². The van der Waals surface area contributed by atoms with Crippen LogP contribution >= 0.6 is 23.2 Å². The molecular weight excluding hydrogens is 574 g/mol. The number of allylic oxidation sites excluding steroid dienone is 2. The molecule has 208 valence electrons. The maximum Gasteiger partial charge on any atom is 0.258 e. The van der Waals surface area contributed by atoms with E-state index in [1.807, 2.05) is 6.07 Å². The number of anilines is 1. The molecule has 6 atom stereocenters. The van der Waals surface area contributed by atoms with Crippen LogP contribution in [-0.2, 0) is 19.2 Å². The molecule has 2 heterocycles. The number of hydrogen-bond donors (Lipinski definition) is 2. The van der Waals surface area contributed by atoms with Gasteiger partial charge in [-0.1, -0.05) is 42.0 Å². The third kappa shape index (κ3) is 3.19. The van der Waals surface area contributed by atoms with Crippen molar-refractivity contribution in [2.75, 3.05) is 4.90 Å². The van der Waals surface area contributed by atoms with Gasteiger partial charge in [0.15, 0.2) is 9.75 Å². The molecule has 0 aromatic heterocycles. The van der Waals surface area contributed by atoms with Gasteiger partial charge in [-0.05, 0) is 59.9 Å². The first-order chi connectivity index (χ1) is 19.5. The second-order valence-electron chi connectivity index (χ2n) is 11.0. The van der Waals surface area contributed by atoms with Crippen LogP contribution in [0.15, 0.2) is 72.3 Å². The van der Waals surface area contributed by atoms with E-state index in [2.05, 4.69) is 0 Å². The molecule has 11 heteroatoms. The standard InChI is InChI=1S/C30H21Cl2FN2O6/c31-29-13-20-18(10-11-19-22(20)26(38)35(41)25(19)37)24(23-17-4-2-1-3-14(17)5-12-21(23)36)30(29,32)28(40)34(27(29)39)16-8-6-15(33)7-9-16/h1-10,12,19-20,22,24,36,41H,11,13H2/t19-,20+,22-,24+,29+,30-/m0/s1. The summed E-state index contributed by atoms with van der Waals surface area (Å²) >= 11 is 14.6. The molecule has 3 fully saturated rings. The molecule has 2 saturated heterocycles. The zero-order valence-electron chi connectivity index (χ0n) is 21.1. The Morgan fingerprint density at radius 2 is 1.59 bits per heavy atom. The van der Waals surface area contributed by atoms with Crippen LogP contribution in [0.25, 0.3) is 10.8 Å². The lowest BCUT2D eigenvalue weighted by molar-refractivity contribution is -0.173. The average molecular weight is 595 g/mol. The van der Waals surface area contributed by atoms with Gasteiger partial charge in [0.05, 0.1) is 17.5 Å². The summed E-state index contributed by atoms with van der Waals surface area (Å²) in [5.74, 6) is -8.08. The fourth-order valence-electron chi connectivity index (χ4n) is 7.29. The zero-order chi connectivity index (χ0) is 29.0. The highest BCUT2D eigenvalue weighted by molar-refractivity contribution is 6.58. The molecule has 4 amide bonds. The predicted molar refractivity (Wildman–Crippen MR) is 146 cm³/mol. The van der Waals surface area contributed by atoms with Crippen molar-refractivity contribution in [1.29, 1.82) is 0 Å². The lowest BCUT2D eigenvalue weighted by Gasteiger charge is -2.51. The molecule has 4 aliphatic rings. The highest BCUT2D eigenvalue weighted by Crippen LogP contribution is 2.67. The summed E-state index contributed by atoms with van der Waals surface area (Å²) in [5, 5.41) is 22.9. The van der Waals surface area contributed by atoms with Crippen LogP contribution < -0.4 is 4.90 Å². The summed E-state index contributed by atoms with van der Waals surface area (Å²) in [6.45, 7) is 0. The van der Waals surface area contributed by atoms with Crippen LogP contribution in [0, 0.1) is 23.6 Å². The van der Waals surface area contributed by atoms with Gasteiger partial charge in [0, 0.05) is 11.5 Å². The molecule has 3 aromatic carbocycles. The number of halogens is 3. The Labute approximate surface area is 242 Å². The quantitative estimate of drug-likeness (QED) is 0.193. The minimum Gasteiger partial charge on any atom is -0.508 e. The molecule has 0 spiro atoms. The van der Waals surface area contributed by atoms with E-state index in [0.717, 1.165) is 22.4 Å². The van der Waals surface area contributed by atoms with E-state index >= 15 is 0 Å². The van der Waals surface area contributed by atoms with Crippen LogP contribution in [0.1, 0.15) is 24.3 Å². The van der Waals surface area contributed by atoms with Crippen LogP contribution in [0.3, 0.4) is 0 Å². The van der Waals surface area contributed by atoms with Gasteiger partial charge in [0.1, 0.15) is 11.6 Å². The van der Waals surface area contributed by atoms with Gasteiger partial charge in [-0.25, -0.2) is 9.29 Å². The van der Waals surface area contributed by atoms with Crippen molar-refractivity contribution in [3.05, 3.63) is 83.7 Å². The van der Waals surface area contributed by atoms with E-state index in [1.165, 1.54) is 18.2 Å². The molecule has 0 unspecified atom stereocenters. The summed E-state index contributed by atoms with van der Waals surface area (Å²) < 4.78 is 13.8. The van der Waals surface area contributed by atoms with Gasteiger partial charge >= 0.3 is 0 Å². The Kier molecular flexibility index (Phi) is 5.49. The number of hydroxylamine groups is 2. The van der Waals surface area contributed by atoms with Crippen molar-refractivity contribution in [3.8, 4) is 5.75 Å². The summed E-state index contributed by atoms with van der Waals surface area (Å²) in [7, 11) is 0. The number of phenolic OH excluding ortho intramolecular Hbond substituents is 1. The first-order valence-corrected chi connectivity index (χ1v) is 13.8. The zero-order valence-corrected chi connectivity index (χ0v) is 22.6. The molecule has 7 rings (SSSR count). The minimum absolute atomic E-state index is 0.0558. The van der Waals surface area contributed by atoms with Gasteiger partial charge in [0.25, 0.3) is 23.6 Å². The number of aromatic hydroxyl groups is 1. The number of alkyl halides is 2. The van der Waals surface area contributed by atoms with Crippen molar-refractivity contribution >= 4 is 63.3 Å². The Morgan fingerprint density at radius 3 is 2.32 bits per heavy atom. The second-order valence-corrected chi connectivity index (χ2v) is 12.2. The normalized spacial score (nSPS) is 32.7. The molecule has 2 aliphatic heterocycles.